The molecule has 0 radical (unpaired) electrons. The lowest BCUT2D eigenvalue weighted by atomic mass is 9.97. The normalized spacial score (nSPS) is 13.6. The van der Waals surface area contributed by atoms with E-state index in [9.17, 15) is 0 Å². The third-order valence-corrected chi connectivity index (χ3v) is 2.85. The van der Waals surface area contributed by atoms with Crippen LogP contribution in [0.3, 0.4) is 0 Å². The van der Waals surface area contributed by atoms with Crippen molar-refractivity contribution in [2.45, 2.75) is 53.5 Å². The van der Waals surface area contributed by atoms with Crippen molar-refractivity contribution in [3.05, 3.63) is 12.2 Å². The zero-order valence-electron chi connectivity index (χ0n) is 10.6. The molecule has 0 aromatic carbocycles. The Balaban J connectivity index is 4.26. The highest BCUT2D eigenvalue weighted by Crippen LogP contribution is 2.17. The van der Waals surface area contributed by atoms with Crippen LogP contribution in [-0.4, -0.2) is 24.0 Å². The van der Waals surface area contributed by atoms with Crippen LogP contribution < -0.4 is 0 Å². The first-order valence-corrected chi connectivity index (χ1v) is 5.97. The number of rotatable bonds is 7. The zero-order chi connectivity index (χ0) is 11.1. The number of nitrogens with zero attached hydrogens (tertiary/aromatic N) is 1. The van der Waals surface area contributed by atoms with Crippen molar-refractivity contribution in [2.75, 3.05) is 13.1 Å². The van der Waals surface area contributed by atoms with Crippen LogP contribution in [0.4, 0.5) is 0 Å². The van der Waals surface area contributed by atoms with Crippen LogP contribution in [0.2, 0.25) is 0 Å². The first-order valence-electron chi connectivity index (χ1n) is 5.97. The molecule has 1 atom stereocenters. The quantitative estimate of drug-likeness (QED) is 0.562. The molecule has 0 saturated heterocycles. The lowest BCUT2D eigenvalue weighted by Gasteiger charge is -2.31. The second kappa shape index (κ2) is 7.05. The van der Waals surface area contributed by atoms with E-state index in [1.807, 2.05) is 0 Å². The average Bonchev–Trinajstić information content (AvgIpc) is 2.15. The van der Waals surface area contributed by atoms with Gasteiger partial charge in [-0.1, -0.05) is 39.8 Å². The average molecular weight is 197 g/mol. The van der Waals surface area contributed by atoms with E-state index in [0.717, 1.165) is 0 Å². The smallest absolute Gasteiger partial charge is 0.0279 e. The van der Waals surface area contributed by atoms with E-state index < -0.39 is 0 Å². The summed E-state index contributed by atoms with van der Waals surface area (Å²) in [5.41, 5.74) is 1.37. The molecule has 84 valence electrons. The number of hydrogen-bond donors (Lipinski definition) is 0. The summed E-state index contributed by atoms with van der Waals surface area (Å²) in [7, 11) is 0. The predicted molar refractivity (Wildman–Crippen MR) is 65.6 cm³/mol. The molecule has 14 heavy (non-hydrogen) atoms. The topological polar surface area (TPSA) is 3.24 Å². The van der Waals surface area contributed by atoms with Crippen molar-refractivity contribution in [1.29, 1.82) is 0 Å². The lowest BCUT2D eigenvalue weighted by molar-refractivity contribution is 0.226. The molecule has 0 amide bonds. The van der Waals surface area contributed by atoms with Crippen LogP contribution in [0.1, 0.15) is 47.5 Å². The van der Waals surface area contributed by atoms with E-state index in [1.165, 1.54) is 31.5 Å². The summed E-state index contributed by atoms with van der Waals surface area (Å²) in [5, 5.41) is 0. The molecular formula is C13H27N. The molecule has 0 aromatic heterocycles. The van der Waals surface area contributed by atoms with Crippen molar-refractivity contribution in [3.63, 3.8) is 0 Å². The molecule has 0 fully saturated rings. The van der Waals surface area contributed by atoms with E-state index >= 15 is 0 Å². The monoisotopic (exact) mass is 197 g/mol. The fraction of sp³-hybridized carbons (Fsp3) is 0.846. The highest BCUT2D eigenvalue weighted by Gasteiger charge is 2.16. The maximum absolute atomic E-state index is 4.20. The van der Waals surface area contributed by atoms with Gasteiger partial charge in [0.05, 0.1) is 0 Å². The molecule has 0 unspecified atom stereocenters. The van der Waals surface area contributed by atoms with Crippen LogP contribution in [0.25, 0.3) is 0 Å². The molecule has 0 rings (SSSR count). The lowest BCUT2D eigenvalue weighted by Crippen LogP contribution is -2.36. The van der Waals surface area contributed by atoms with Crippen molar-refractivity contribution in [2.24, 2.45) is 5.92 Å². The Bertz CT molecular complexity index is 155. The van der Waals surface area contributed by atoms with E-state index in [1.54, 1.807) is 0 Å². The van der Waals surface area contributed by atoms with E-state index in [0.29, 0.717) is 12.0 Å². The van der Waals surface area contributed by atoms with Gasteiger partial charge < -0.3 is 0 Å². The molecule has 0 aromatic rings. The predicted octanol–water partition coefficient (Wildman–Crippen LogP) is 3.71. The highest BCUT2D eigenvalue weighted by molar-refractivity contribution is 5.06. The van der Waals surface area contributed by atoms with Gasteiger partial charge in [0, 0.05) is 6.04 Å². The van der Waals surface area contributed by atoms with Gasteiger partial charge in [0.15, 0.2) is 0 Å². The minimum absolute atomic E-state index is 0.537. The van der Waals surface area contributed by atoms with Gasteiger partial charge in [0.1, 0.15) is 0 Å². The summed E-state index contributed by atoms with van der Waals surface area (Å²) in [5.74, 6) is 0.598. The third-order valence-electron chi connectivity index (χ3n) is 2.85. The summed E-state index contributed by atoms with van der Waals surface area (Å²) in [6.07, 6.45) is 2.46. The molecule has 0 saturated carbocycles. The van der Waals surface area contributed by atoms with Gasteiger partial charge in [-0.15, -0.1) is 0 Å². The third kappa shape index (κ3) is 4.28. The van der Waals surface area contributed by atoms with Crippen LogP contribution in [-0.2, 0) is 0 Å². The molecule has 0 aliphatic rings. The fourth-order valence-corrected chi connectivity index (χ4v) is 1.79. The Morgan fingerprint density at radius 3 is 1.79 bits per heavy atom. The highest BCUT2D eigenvalue weighted by atomic mass is 15.1. The standard InChI is InChI=1S/C13H27N/c1-7-9-14(10-8-2)13(6)12(5)11(3)4/h11,13H,5,7-10H2,1-4,6H3/t13-/m1/s1. The minimum Gasteiger partial charge on any atom is -0.297 e. The van der Waals surface area contributed by atoms with Gasteiger partial charge in [0.25, 0.3) is 0 Å². The Morgan fingerprint density at radius 1 is 1.07 bits per heavy atom. The summed E-state index contributed by atoms with van der Waals surface area (Å²) < 4.78 is 0. The molecular weight excluding hydrogens is 170 g/mol. The second-order valence-corrected chi connectivity index (χ2v) is 4.44. The Hall–Kier alpha value is -0.300. The molecule has 0 aliphatic heterocycles. The molecule has 0 bridgehead atoms. The van der Waals surface area contributed by atoms with Gasteiger partial charge in [0.2, 0.25) is 0 Å². The SMILES string of the molecule is C=C(C(C)C)[C@@H](C)N(CCC)CCC. The minimum atomic E-state index is 0.537. The second-order valence-electron chi connectivity index (χ2n) is 4.44. The maximum Gasteiger partial charge on any atom is 0.0279 e. The van der Waals surface area contributed by atoms with Crippen molar-refractivity contribution in [1.82, 2.24) is 4.90 Å². The van der Waals surface area contributed by atoms with E-state index in [-0.39, 0.29) is 0 Å². The molecule has 0 aliphatic carbocycles. The van der Waals surface area contributed by atoms with Gasteiger partial charge >= 0.3 is 0 Å². The summed E-state index contributed by atoms with van der Waals surface area (Å²) >= 11 is 0. The maximum atomic E-state index is 4.20. The Morgan fingerprint density at radius 2 is 1.50 bits per heavy atom. The van der Waals surface area contributed by atoms with Gasteiger partial charge in [-0.2, -0.15) is 0 Å². The van der Waals surface area contributed by atoms with E-state index in [4.69, 9.17) is 0 Å². The van der Waals surface area contributed by atoms with Crippen molar-refractivity contribution >= 4 is 0 Å². The molecule has 0 N–H and O–H groups in total. The first kappa shape index (κ1) is 13.7. The fourth-order valence-electron chi connectivity index (χ4n) is 1.79. The van der Waals surface area contributed by atoms with Crippen LogP contribution in [0.15, 0.2) is 12.2 Å². The largest absolute Gasteiger partial charge is 0.297 e. The van der Waals surface area contributed by atoms with Crippen LogP contribution in [0.5, 0.6) is 0 Å². The number of hydrogen-bond acceptors (Lipinski definition) is 1. The van der Waals surface area contributed by atoms with E-state index in [2.05, 4.69) is 46.1 Å². The molecule has 0 spiro atoms. The van der Waals surface area contributed by atoms with Gasteiger partial charge in [-0.05, 0) is 38.8 Å². The zero-order valence-corrected chi connectivity index (χ0v) is 10.6. The van der Waals surface area contributed by atoms with Crippen LogP contribution in [0, 0.1) is 5.92 Å². The van der Waals surface area contributed by atoms with Gasteiger partial charge in [-0.3, -0.25) is 4.90 Å². The molecule has 1 nitrogen and oxygen atoms in total. The Labute approximate surface area is 90.2 Å². The molecule has 0 heterocycles. The van der Waals surface area contributed by atoms with Crippen molar-refractivity contribution in [3.8, 4) is 0 Å². The van der Waals surface area contributed by atoms with Crippen LogP contribution >= 0.6 is 0 Å². The summed E-state index contributed by atoms with van der Waals surface area (Å²) in [6, 6.07) is 0.537. The Kier molecular flexibility index (Phi) is 6.90. The van der Waals surface area contributed by atoms with Gasteiger partial charge in [-0.25, -0.2) is 0 Å². The first-order chi connectivity index (χ1) is 6.54. The summed E-state index contributed by atoms with van der Waals surface area (Å²) in [4.78, 5) is 2.54. The summed E-state index contributed by atoms with van der Waals surface area (Å²) in [6.45, 7) is 17.8. The molecule has 1 heteroatoms. The van der Waals surface area contributed by atoms with Crippen molar-refractivity contribution < 1.29 is 0 Å².